The number of halogens is 19. The molecular weight excluding hydrogens is 581 g/mol. The number of benzene rings is 1. The normalized spacial score (nSPS) is 15.5. The van der Waals surface area contributed by atoms with Crippen molar-refractivity contribution in [2.45, 2.75) is 53.7 Å². The lowest BCUT2D eigenvalue weighted by Crippen LogP contribution is -2.76. The lowest BCUT2D eigenvalue weighted by molar-refractivity contribution is -0.476. The van der Waals surface area contributed by atoms with Crippen LogP contribution in [0, 0.1) is 0 Å². The minimum Gasteiger partial charge on any atom is -0.428 e. The predicted molar refractivity (Wildman–Crippen MR) is 82.8 cm³/mol. The molecule has 1 aromatic rings. The van der Waals surface area contributed by atoms with Crippen molar-refractivity contribution in [3.8, 4) is 5.75 Å². The summed E-state index contributed by atoms with van der Waals surface area (Å²) >= 11 is 0. The molecule has 0 spiro atoms. The zero-order chi connectivity index (χ0) is 29.9. The van der Waals surface area contributed by atoms with E-state index in [9.17, 15) is 83.4 Å². The van der Waals surface area contributed by atoms with Gasteiger partial charge in [0.15, 0.2) is 0 Å². The van der Waals surface area contributed by atoms with Gasteiger partial charge in [-0.05, 0) is 17.7 Å². The Balaban J connectivity index is 3.63. The molecule has 0 aliphatic rings. The fraction of sp³-hybridized carbons (Fsp3) is 0.529. The fourth-order valence-electron chi connectivity index (χ4n) is 2.23. The molecule has 1 nitrogen and oxygen atoms in total. The number of hydrogen-bond acceptors (Lipinski definition) is 1. The van der Waals surface area contributed by atoms with Crippen LogP contribution in [0.15, 0.2) is 30.8 Å². The highest BCUT2D eigenvalue weighted by Crippen LogP contribution is 2.65. The second-order valence-corrected chi connectivity index (χ2v) is 6.91. The summed E-state index contributed by atoms with van der Waals surface area (Å²) in [5.74, 6) is -62.0. The molecule has 0 saturated heterocycles. The minimum atomic E-state index is -8.97. The highest BCUT2D eigenvalue weighted by atomic mass is 19.4. The molecule has 0 bridgehead atoms. The van der Waals surface area contributed by atoms with Crippen LogP contribution in [0.5, 0.6) is 5.75 Å². The van der Waals surface area contributed by atoms with E-state index in [4.69, 9.17) is 0 Å². The van der Waals surface area contributed by atoms with Gasteiger partial charge in [0.05, 0.1) is 0 Å². The largest absolute Gasteiger partial charge is 0.471 e. The molecule has 0 radical (unpaired) electrons. The van der Waals surface area contributed by atoms with Gasteiger partial charge in [-0.3, -0.25) is 0 Å². The molecular formula is C17H7F19O. The Hall–Kier alpha value is -2.57. The average molecular weight is 588 g/mol. The van der Waals surface area contributed by atoms with E-state index in [0.29, 0.717) is 12.1 Å². The van der Waals surface area contributed by atoms with E-state index in [0.717, 1.165) is 6.08 Å². The maximum absolute atomic E-state index is 13.7. The van der Waals surface area contributed by atoms with Crippen LogP contribution in [0.3, 0.4) is 0 Å². The third-order valence-corrected chi connectivity index (χ3v) is 4.45. The second kappa shape index (κ2) is 8.74. The Morgan fingerprint density at radius 2 is 0.757 bits per heavy atom. The molecule has 0 fully saturated rings. The van der Waals surface area contributed by atoms with Gasteiger partial charge in [0, 0.05) is 0 Å². The summed E-state index contributed by atoms with van der Waals surface area (Å²) in [7, 11) is 0. The van der Waals surface area contributed by atoms with E-state index in [-0.39, 0.29) is 17.7 Å². The molecule has 20 heteroatoms. The van der Waals surface area contributed by atoms with Gasteiger partial charge in [-0.25, -0.2) is 0 Å². The first-order valence-electron chi connectivity index (χ1n) is 8.52. The summed E-state index contributed by atoms with van der Waals surface area (Å²) in [5, 5.41) is 0. The monoisotopic (exact) mass is 588 g/mol. The third-order valence-electron chi connectivity index (χ3n) is 4.45. The Kier molecular flexibility index (Phi) is 7.67. The molecule has 0 aliphatic heterocycles. The van der Waals surface area contributed by atoms with Gasteiger partial charge in [0.1, 0.15) is 5.75 Å². The van der Waals surface area contributed by atoms with E-state index in [1.54, 1.807) is 0 Å². The molecule has 1 aromatic carbocycles. The predicted octanol–water partition coefficient (Wildman–Crippen LogP) is 8.31. The average Bonchev–Trinajstić information content (AvgIpc) is 2.72. The van der Waals surface area contributed by atoms with Gasteiger partial charge in [-0.1, -0.05) is 24.8 Å². The van der Waals surface area contributed by atoms with Gasteiger partial charge >= 0.3 is 53.7 Å². The SMILES string of the molecule is C=Cc1ccc(OC(F)(F)C(F)(F)C(F)(F)C(F)(F)C(F)(F)C(F)(F)C(F)(F)C(F)(F)C(F)(F)F)cc1. The number of rotatable bonds is 10. The summed E-state index contributed by atoms with van der Waals surface area (Å²) in [6.45, 7) is 3.14. The first-order chi connectivity index (χ1) is 16.0. The van der Waals surface area contributed by atoms with Crippen LogP contribution in [0.25, 0.3) is 6.08 Å². The van der Waals surface area contributed by atoms with Crippen molar-refractivity contribution < 1.29 is 88.2 Å². The standard InChI is InChI=1S/C17H7F19O/c1-2-7-3-5-8(6-4-7)37-17(35,36)15(30,31)13(26,27)11(22,23)9(18,19)10(20,21)12(24,25)14(28,29)16(32,33)34/h2-6H,1H2. The van der Waals surface area contributed by atoms with Crippen molar-refractivity contribution in [2.24, 2.45) is 0 Å². The van der Waals surface area contributed by atoms with Crippen molar-refractivity contribution >= 4 is 6.08 Å². The molecule has 0 saturated carbocycles. The smallest absolute Gasteiger partial charge is 0.428 e. The molecule has 214 valence electrons. The van der Waals surface area contributed by atoms with Crippen LogP contribution in [0.4, 0.5) is 83.4 Å². The molecule has 0 aliphatic carbocycles. The van der Waals surface area contributed by atoms with Crippen molar-refractivity contribution in [3.05, 3.63) is 36.4 Å². The number of hydrogen-bond donors (Lipinski definition) is 0. The van der Waals surface area contributed by atoms with Crippen LogP contribution in [-0.2, 0) is 0 Å². The highest BCUT2D eigenvalue weighted by molar-refractivity contribution is 5.48. The lowest BCUT2D eigenvalue weighted by atomic mass is 9.88. The summed E-state index contributed by atoms with van der Waals surface area (Å²) in [6, 6.07) is 1.92. The van der Waals surface area contributed by atoms with Crippen molar-refractivity contribution in [3.63, 3.8) is 0 Å². The van der Waals surface area contributed by atoms with Gasteiger partial charge in [-0.2, -0.15) is 83.4 Å². The minimum absolute atomic E-state index is 0.0118. The van der Waals surface area contributed by atoms with Crippen LogP contribution in [0.1, 0.15) is 5.56 Å². The Morgan fingerprint density at radius 3 is 1.05 bits per heavy atom. The van der Waals surface area contributed by atoms with E-state index in [1.165, 1.54) is 0 Å². The van der Waals surface area contributed by atoms with E-state index in [1.807, 2.05) is 0 Å². The number of alkyl halides is 19. The van der Waals surface area contributed by atoms with Gasteiger partial charge in [-0.15, -0.1) is 0 Å². The van der Waals surface area contributed by atoms with Crippen molar-refractivity contribution in [1.29, 1.82) is 0 Å². The van der Waals surface area contributed by atoms with Crippen LogP contribution >= 0.6 is 0 Å². The first kappa shape index (κ1) is 32.5. The topological polar surface area (TPSA) is 9.23 Å². The third kappa shape index (κ3) is 4.42. The van der Waals surface area contributed by atoms with Crippen LogP contribution in [0.2, 0.25) is 0 Å². The summed E-state index contributed by atoms with van der Waals surface area (Å²) in [4.78, 5) is 0. The molecule has 0 atom stereocenters. The summed E-state index contributed by atoms with van der Waals surface area (Å²) in [6.07, 6.45) is -14.0. The molecule has 0 N–H and O–H groups in total. The zero-order valence-corrected chi connectivity index (χ0v) is 16.7. The maximum Gasteiger partial charge on any atom is 0.471 e. The first-order valence-corrected chi connectivity index (χ1v) is 8.52. The molecule has 0 amide bonds. The Labute approximate surface area is 191 Å². The molecule has 37 heavy (non-hydrogen) atoms. The Morgan fingerprint density at radius 1 is 0.459 bits per heavy atom. The van der Waals surface area contributed by atoms with E-state index in [2.05, 4.69) is 11.3 Å². The second-order valence-electron chi connectivity index (χ2n) is 6.91. The zero-order valence-electron chi connectivity index (χ0n) is 16.7. The van der Waals surface area contributed by atoms with E-state index < -0.39 is 59.5 Å². The lowest BCUT2D eigenvalue weighted by Gasteiger charge is -2.43. The van der Waals surface area contributed by atoms with E-state index >= 15 is 0 Å². The molecule has 0 unspecified atom stereocenters. The van der Waals surface area contributed by atoms with Crippen molar-refractivity contribution in [2.75, 3.05) is 0 Å². The van der Waals surface area contributed by atoms with Gasteiger partial charge in [0.2, 0.25) is 0 Å². The van der Waals surface area contributed by atoms with Crippen LogP contribution in [-0.4, -0.2) is 53.7 Å². The molecule has 0 aromatic heterocycles. The quantitative estimate of drug-likeness (QED) is 0.250. The molecule has 0 heterocycles. The molecule has 1 rings (SSSR count). The van der Waals surface area contributed by atoms with Gasteiger partial charge < -0.3 is 4.74 Å². The summed E-state index contributed by atoms with van der Waals surface area (Å²) < 4.78 is 254. The van der Waals surface area contributed by atoms with Gasteiger partial charge in [0.25, 0.3) is 0 Å². The van der Waals surface area contributed by atoms with Crippen LogP contribution < -0.4 is 4.74 Å². The maximum atomic E-state index is 13.7. The van der Waals surface area contributed by atoms with Crippen molar-refractivity contribution in [1.82, 2.24) is 0 Å². The highest BCUT2D eigenvalue weighted by Gasteiger charge is 2.97. The Bertz CT molecular complexity index is 973. The number of ether oxygens (including phenoxy) is 1. The fourth-order valence-corrected chi connectivity index (χ4v) is 2.23. The summed E-state index contributed by atoms with van der Waals surface area (Å²) in [5.41, 5.74) is 0.0118.